The van der Waals surface area contributed by atoms with E-state index in [0.29, 0.717) is 17.0 Å². The van der Waals surface area contributed by atoms with Gasteiger partial charge in [0.2, 0.25) is 0 Å². The number of benzene rings is 3. The van der Waals surface area contributed by atoms with E-state index < -0.39 is 17.7 Å². The van der Waals surface area contributed by atoms with Gasteiger partial charge in [0.25, 0.3) is 5.91 Å². The number of anilines is 2. The molecule has 0 aromatic heterocycles. The highest BCUT2D eigenvalue weighted by atomic mass is 16.5. The van der Waals surface area contributed by atoms with Gasteiger partial charge in [-0.3, -0.25) is 14.4 Å². The molecule has 3 rings (SSSR count). The summed E-state index contributed by atoms with van der Waals surface area (Å²) in [5.41, 5.74) is 3.81. The van der Waals surface area contributed by atoms with Gasteiger partial charge in [-0.15, -0.1) is 0 Å². The third-order valence-electron chi connectivity index (χ3n) is 4.17. The smallest absolute Gasteiger partial charge is 0.329 e. The summed E-state index contributed by atoms with van der Waals surface area (Å²) in [6.45, 7) is 0. The molecule has 3 aromatic rings. The number of hydrogen-bond donors (Lipinski definition) is 3. The number of nitrogens with zero attached hydrogens (tertiary/aromatic N) is 1. The van der Waals surface area contributed by atoms with Crippen molar-refractivity contribution in [3.63, 3.8) is 0 Å². The molecule has 0 saturated heterocycles. The van der Waals surface area contributed by atoms with E-state index in [1.54, 1.807) is 66.7 Å². The molecule has 31 heavy (non-hydrogen) atoms. The van der Waals surface area contributed by atoms with Crippen molar-refractivity contribution < 1.29 is 19.1 Å². The maximum atomic E-state index is 12.6. The standard InChI is InChI=1S/C23H20N4O4/c1-31-20-14-8-5-9-16(20)15-24-27-23(30)22(29)26-19-13-7-6-12-18(19)21(28)25-17-10-3-2-4-11-17/h2-15H,1H3,(H,25,28)(H,26,29)(H,27,30). The minimum atomic E-state index is -0.982. The van der Waals surface area contributed by atoms with Crippen molar-refractivity contribution in [2.45, 2.75) is 0 Å². The number of rotatable bonds is 6. The van der Waals surface area contributed by atoms with E-state index in [9.17, 15) is 14.4 Å². The maximum absolute atomic E-state index is 12.6. The van der Waals surface area contributed by atoms with E-state index in [-0.39, 0.29) is 11.3 Å². The largest absolute Gasteiger partial charge is 0.496 e. The SMILES string of the molecule is COc1ccccc1C=NNC(=O)C(=O)Nc1ccccc1C(=O)Nc1ccccc1. The highest BCUT2D eigenvalue weighted by Crippen LogP contribution is 2.17. The fourth-order valence-electron chi connectivity index (χ4n) is 2.67. The van der Waals surface area contributed by atoms with Gasteiger partial charge in [-0.2, -0.15) is 5.10 Å². The molecular formula is C23H20N4O4. The number of methoxy groups -OCH3 is 1. The number of para-hydroxylation sites is 3. The average Bonchev–Trinajstić information content (AvgIpc) is 2.80. The summed E-state index contributed by atoms with van der Waals surface area (Å²) >= 11 is 0. The van der Waals surface area contributed by atoms with E-state index in [1.807, 2.05) is 6.07 Å². The van der Waals surface area contributed by atoms with Gasteiger partial charge in [-0.05, 0) is 36.4 Å². The van der Waals surface area contributed by atoms with Crippen LogP contribution in [0.1, 0.15) is 15.9 Å². The Morgan fingerprint density at radius 2 is 1.48 bits per heavy atom. The number of ether oxygens (including phenoxy) is 1. The highest BCUT2D eigenvalue weighted by molar-refractivity contribution is 6.40. The number of hydrazone groups is 1. The Morgan fingerprint density at radius 3 is 2.26 bits per heavy atom. The first-order valence-electron chi connectivity index (χ1n) is 9.31. The summed E-state index contributed by atoms with van der Waals surface area (Å²) in [6.07, 6.45) is 1.37. The molecule has 0 fully saturated rings. The topological polar surface area (TPSA) is 109 Å². The van der Waals surface area contributed by atoms with Crippen molar-refractivity contribution >= 4 is 35.3 Å². The first kappa shape index (κ1) is 21.3. The Labute approximate surface area is 178 Å². The number of amides is 3. The zero-order chi connectivity index (χ0) is 22.1. The predicted octanol–water partition coefficient (Wildman–Crippen LogP) is 3.04. The third-order valence-corrected chi connectivity index (χ3v) is 4.17. The maximum Gasteiger partial charge on any atom is 0.329 e. The molecule has 0 unspecified atom stereocenters. The summed E-state index contributed by atoms with van der Waals surface area (Å²) in [5.74, 6) is -1.79. The van der Waals surface area contributed by atoms with Crippen LogP contribution in [0.5, 0.6) is 5.75 Å². The van der Waals surface area contributed by atoms with Crippen LogP contribution in [0, 0.1) is 0 Å². The lowest BCUT2D eigenvalue weighted by Crippen LogP contribution is -2.33. The van der Waals surface area contributed by atoms with Gasteiger partial charge in [0, 0.05) is 11.3 Å². The second-order valence-electron chi connectivity index (χ2n) is 6.26. The molecule has 0 bridgehead atoms. The molecule has 0 atom stereocenters. The van der Waals surface area contributed by atoms with Crippen LogP contribution in [0.25, 0.3) is 0 Å². The van der Waals surface area contributed by atoms with E-state index >= 15 is 0 Å². The first-order valence-corrected chi connectivity index (χ1v) is 9.31. The minimum Gasteiger partial charge on any atom is -0.496 e. The van der Waals surface area contributed by atoms with Crippen LogP contribution in [-0.2, 0) is 9.59 Å². The van der Waals surface area contributed by atoms with Gasteiger partial charge in [0.15, 0.2) is 0 Å². The highest BCUT2D eigenvalue weighted by Gasteiger charge is 2.17. The molecule has 3 amide bonds. The van der Waals surface area contributed by atoms with Gasteiger partial charge in [-0.1, -0.05) is 42.5 Å². The Balaban J connectivity index is 1.64. The molecule has 0 aliphatic carbocycles. The number of nitrogens with one attached hydrogen (secondary N) is 3. The molecule has 0 aliphatic rings. The van der Waals surface area contributed by atoms with Crippen molar-refractivity contribution in [3.05, 3.63) is 90.0 Å². The lowest BCUT2D eigenvalue weighted by atomic mass is 10.1. The molecule has 156 valence electrons. The molecular weight excluding hydrogens is 396 g/mol. The second kappa shape index (κ2) is 10.4. The summed E-state index contributed by atoms with van der Waals surface area (Å²) in [4.78, 5) is 36.9. The van der Waals surface area contributed by atoms with Crippen LogP contribution in [0.4, 0.5) is 11.4 Å². The monoisotopic (exact) mass is 416 g/mol. The molecule has 0 radical (unpaired) electrons. The second-order valence-corrected chi connectivity index (χ2v) is 6.26. The minimum absolute atomic E-state index is 0.199. The average molecular weight is 416 g/mol. The fourth-order valence-corrected chi connectivity index (χ4v) is 2.67. The van der Waals surface area contributed by atoms with Gasteiger partial charge < -0.3 is 15.4 Å². The van der Waals surface area contributed by atoms with Crippen molar-refractivity contribution in [1.29, 1.82) is 0 Å². The van der Waals surface area contributed by atoms with E-state index in [2.05, 4.69) is 21.2 Å². The predicted molar refractivity (Wildman–Crippen MR) is 118 cm³/mol. The summed E-state index contributed by atoms with van der Waals surface area (Å²) in [7, 11) is 1.52. The van der Waals surface area contributed by atoms with Crippen LogP contribution < -0.4 is 20.8 Å². The van der Waals surface area contributed by atoms with E-state index in [1.165, 1.54) is 19.4 Å². The molecule has 8 nitrogen and oxygen atoms in total. The Kier molecular flexibility index (Phi) is 7.10. The van der Waals surface area contributed by atoms with Crippen LogP contribution >= 0.6 is 0 Å². The van der Waals surface area contributed by atoms with Crippen LogP contribution in [0.2, 0.25) is 0 Å². The Morgan fingerprint density at radius 1 is 0.806 bits per heavy atom. The van der Waals surface area contributed by atoms with Crippen molar-refractivity contribution in [3.8, 4) is 5.75 Å². The summed E-state index contributed by atoms with van der Waals surface area (Å²) in [5, 5.41) is 8.96. The molecule has 0 heterocycles. The van der Waals surface area contributed by atoms with Crippen molar-refractivity contribution in [2.75, 3.05) is 17.7 Å². The fraction of sp³-hybridized carbons (Fsp3) is 0.0435. The number of hydrogen-bond acceptors (Lipinski definition) is 5. The number of carbonyl (C=O) groups is 3. The van der Waals surface area contributed by atoms with Gasteiger partial charge in [-0.25, -0.2) is 5.43 Å². The Hall–Kier alpha value is -4.46. The van der Waals surface area contributed by atoms with E-state index in [4.69, 9.17) is 4.74 Å². The molecule has 0 aliphatic heterocycles. The number of carbonyl (C=O) groups excluding carboxylic acids is 3. The molecule has 8 heteroatoms. The lowest BCUT2D eigenvalue weighted by Gasteiger charge is -2.11. The summed E-state index contributed by atoms with van der Waals surface area (Å²) < 4.78 is 5.19. The third kappa shape index (κ3) is 5.77. The zero-order valence-electron chi connectivity index (χ0n) is 16.7. The molecule has 0 spiro atoms. The molecule has 3 N–H and O–H groups in total. The summed E-state index contributed by atoms with van der Waals surface area (Å²) in [6, 6.07) is 22.4. The molecule has 3 aromatic carbocycles. The van der Waals surface area contributed by atoms with Gasteiger partial charge in [0.1, 0.15) is 5.75 Å². The van der Waals surface area contributed by atoms with Crippen LogP contribution in [0.3, 0.4) is 0 Å². The van der Waals surface area contributed by atoms with Gasteiger partial charge >= 0.3 is 11.8 Å². The van der Waals surface area contributed by atoms with Crippen LogP contribution in [0.15, 0.2) is 84.0 Å². The van der Waals surface area contributed by atoms with Crippen LogP contribution in [-0.4, -0.2) is 31.0 Å². The normalized spacial score (nSPS) is 10.4. The lowest BCUT2D eigenvalue weighted by molar-refractivity contribution is -0.136. The zero-order valence-corrected chi connectivity index (χ0v) is 16.7. The van der Waals surface area contributed by atoms with Crippen molar-refractivity contribution in [2.24, 2.45) is 5.10 Å². The Bertz CT molecular complexity index is 1110. The first-order chi connectivity index (χ1) is 15.1. The van der Waals surface area contributed by atoms with Gasteiger partial charge in [0.05, 0.1) is 24.6 Å². The quantitative estimate of drug-likeness (QED) is 0.326. The van der Waals surface area contributed by atoms with E-state index in [0.717, 1.165) is 0 Å². The van der Waals surface area contributed by atoms with Crippen molar-refractivity contribution in [1.82, 2.24) is 5.43 Å². The molecule has 0 saturated carbocycles.